The summed E-state index contributed by atoms with van der Waals surface area (Å²) in [6, 6.07) is 6.16. The number of carbonyl (C=O) groups excluding carboxylic acids is 1. The van der Waals surface area contributed by atoms with Crippen molar-refractivity contribution in [2.45, 2.75) is 57.9 Å². The van der Waals surface area contributed by atoms with Gasteiger partial charge in [0, 0.05) is 30.6 Å². The molecule has 6 heteroatoms. The van der Waals surface area contributed by atoms with E-state index in [-0.39, 0.29) is 5.92 Å². The predicted octanol–water partition coefficient (Wildman–Crippen LogP) is 3.74. The van der Waals surface area contributed by atoms with Crippen LogP contribution in [-0.4, -0.2) is 52.1 Å². The molecule has 0 atom stereocenters. The number of nitrogens with zero attached hydrogens (tertiary/aromatic N) is 3. The summed E-state index contributed by atoms with van der Waals surface area (Å²) in [6.07, 6.45) is 5.70. The Hall–Kier alpha value is -2.08. The number of piperidine rings is 2. The Balaban J connectivity index is 1.24. The van der Waals surface area contributed by atoms with Crippen LogP contribution >= 0.6 is 0 Å². The number of hydrogen-bond acceptors (Lipinski definition) is 4. The summed E-state index contributed by atoms with van der Waals surface area (Å²) in [7, 11) is 0. The summed E-state index contributed by atoms with van der Waals surface area (Å²) >= 11 is 0. The van der Waals surface area contributed by atoms with E-state index in [9.17, 15) is 4.79 Å². The molecule has 0 spiro atoms. The molecule has 2 aliphatic heterocycles. The molecule has 0 aromatic carbocycles. The van der Waals surface area contributed by atoms with E-state index >= 15 is 0 Å². The summed E-state index contributed by atoms with van der Waals surface area (Å²) in [6.45, 7) is 8.86. The van der Waals surface area contributed by atoms with Crippen LogP contribution in [0.25, 0.3) is 0 Å². The van der Waals surface area contributed by atoms with Crippen molar-refractivity contribution < 1.29 is 9.21 Å². The zero-order chi connectivity index (χ0) is 19.5. The van der Waals surface area contributed by atoms with Gasteiger partial charge in [-0.05, 0) is 62.9 Å². The summed E-state index contributed by atoms with van der Waals surface area (Å²) in [5.41, 5.74) is 2.37. The fraction of sp³-hybridized carbons (Fsp3) is 0.636. The largest absolute Gasteiger partial charge is 0.468 e. The van der Waals surface area contributed by atoms with E-state index in [4.69, 9.17) is 4.42 Å². The van der Waals surface area contributed by atoms with Crippen molar-refractivity contribution in [1.82, 2.24) is 20.0 Å². The molecule has 2 aromatic rings. The van der Waals surface area contributed by atoms with Gasteiger partial charge in [0.1, 0.15) is 5.76 Å². The van der Waals surface area contributed by atoms with Gasteiger partial charge in [-0.2, -0.15) is 5.10 Å². The number of nitrogens with one attached hydrogen (secondary N) is 1. The van der Waals surface area contributed by atoms with Crippen LogP contribution in [-0.2, 0) is 11.3 Å². The van der Waals surface area contributed by atoms with Gasteiger partial charge in [0.05, 0.1) is 18.5 Å². The second-order valence-electron chi connectivity index (χ2n) is 8.63. The molecule has 2 saturated heterocycles. The van der Waals surface area contributed by atoms with Gasteiger partial charge >= 0.3 is 0 Å². The molecule has 152 valence electrons. The average molecular weight is 385 g/mol. The molecule has 2 aliphatic rings. The van der Waals surface area contributed by atoms with Crippen molar-refractivity contribution in [2.75, 3.05) is 26.2 Å². The first-order valence-electron chi connectivity index (χ1n) is 10.7. The van der Waals surface area contributed by atoms with Crippen molar-refractivity contribution >= 4 is 5.91 Å². The summed E-state index contributed by atoms with van der Waals surface area (Å²) in [5, 5.41) is 7.66. The van der Waals surface area contributed by atoms with Crippen LogP contribution in [0.5, 0.6) is 0 Å². The normalized spacial score (nSPS) is 20.2. The van der Waals surface area contributed by atoms with Crippen molar-refractivity contribution in [3.05, 3.63) is 41.6 Å². The third-order valence-electron chi connectivity index (χ3n) is 6.35. The first kappa shape index (κ1) is 19.2. The molecule has 6 nitrogen and oxygen atoms in total. The highest BCUT2D eigenvalue weighted by atomic mass is 16.3. The molecule has 4 heterocycles. The van der Waals surface area contributed by atoms with Gasteiger partial charge < -0.3 is 9.32 Å². The molecule has 4 rings (SSSR count). The molecule has 2 aromatic heterocycles. The minimum Gasteiger partial charge on any atom is -0.468 e. The number of amides is 1. The van der Waals surface area contributed by atoms with Gasteiger partial charge in [0.25, 0.3) is 0 Å². The Kier molecular flexibility index (Phi) is 5.85. The van der Waals surface area contributed by atoms with Gasteiger partial charge in [-0.1, -0.05) is 13.8 Å². The molecule has 1 amide bonds. The van der Waals surface area contributed by atoms with Crippen molar-refractivity contribution in [3.8, 4) is 0 Å². The van der Waals surface area contributed by atoms with Gasteiger partial charge in [-0.15, -0.1) is 0 Å². The number of carbonyl (C=O) groups is 1. The fourth-order valence-corrected chi connectivity index (χ4v) is 4.49. The number of furan rings is 1. The van der Waals surface area contributed by atoms with Gasteiger partial charge in [-0.3, -0.25) is 14.8 Å². The minimum absolute atomic E-state index is 0.184. The Bertz CT molecular complexity index is 751. The van der Waals surface area contributed by atoms with Crippen LogP contribution in [0.3, 0.4) is 0 Å². The summed E-state index contributed by atoms with van der Waals surface area (Å²) in [5.74, 6) is 2.50. The number of rotatable bonds is 5. The lowest BCUT2D eigenvalue weighted by molar-refractivity contribution is -0.138. The Labute approximate surface area is 167 Å². The predicted molar refractivity (Wildman–Crippen MR) is 108 cm³/mol. The zero-order valence-electron chi connectivity index (χ0n) is 17.1. The Morgan fingerprint density at radius 2 is 1.96 bits per heavy atom. The number of aromatic nitrogens is 2. The number of hydrogen-bond donors (Lipinski definition) is 1. The topological polar surface area (TPSA) is 65.4 Å². The van der Waals surface area contributed by atoms with Gasteiger partial charge in [0.15, 0.2) is 0 Å². The van der Waals surface area contributed by atoms with Crippen molar-refractivity contribution in [1.29, 1.82) is 0 Å². The maximum absolute atomic E-state index is 13.0. The van der Waals surface area contributed by atoms with Crippen molar-refractivity contribution in [2.24, 2.45) is 5.92 Å². The lowest BCUT2D eigenvalue weighted by atomic mass is 9.90. The quantitative estimate of drug-likeness (QED) is 0.853. The average Bonchev–Trinajstić information content (AvgIpc) is 3.40. The van der Waals surface area contributed by atoms with Crippen LogP contribution < -0.4 is 0 Å². The van der Waals surface area contributed by atoms with E-state index in [1.54, 1.807) is 6.26 Å². The Morgan fingerprint density at radius 3 is 2.57 bits per heavy atom. The standard InChI is InChI=1S/C22H32N4O2/c1-16(2)20-14-21(24-23-20)17-7-11-26(12-8-17)22(27)18-5-9-25(10-6-18)15-19-4-3-13-28-19/h3-4,13-14,16-18H,5-12,15H2,1-2H3,(H,23,24). The van der Waals surface area contributed by atoms with Crippen LogP contribution in [0.4, 0.5) is 0 Å². The van der Waals surface area contributed by atoms with E-state index in [2.05, 4.69) is 39.9 Å². The molecule has 0 saturated carbocycles. The summed E-state index contributed by atoms with van der Waals surface area (Å²) < 4.78 is 5.44. The fourth-order valence-electron chi connectivity index (χ4n) is 4.49. The molecule has 0 unspecified atom stereocenters. The maximum Gasteiger partial charge on any atom is 0.225 e. The van der Waals surface area contributed by atoms with Crippen LogP contribution in [0.2, 0.25) is 0 Å². The molecule has 2 fully saturated rings. The van der Waals surface area contributed by atoms with E-state index in [0.29, 0.717) is 17.7 Å². The zero-order valence-corrected chi connectivity index (χ0v) is 17.1. The SMILES string of the molecule is CC(C)c1cc(C2CCN(C(=O)C3CCN(Cc4ccco4)CC3)CC2)[nH]n1. The van der Waals surface area contributed by atoms with Gasteiger partial charge in [0.2, 0.25) is 5.91 Å². The van der Waals surface area contributed by atoms with Crippen LogP contribution in [0.1, 0.15) is 68.5 Å². The third kappa shape index (κ3) is 4.32. The molecule has 0 radical (unpaired) electrons. The molecule has 0 aliphatic carbocycles. The minimum atomic E-state index is 0.184. The highest BCUT2D eigenvalue weighted by Crippen LogP contribution is 2.30. The Morgan fingerprint density at radius 1 is 1.21 bits per heavy atom. The van der Waals surface area contributed by atoms with E-state index in [0.717, 1.165) is 69.9 Å². The summed E-state index contributed by atoms with van der Waals surface area (Å²) in [4.78, 5) is 17.5. The lowest BCUT2D eigenvalue weighted by Gasteiger charge is -2.37. The number of likely N-dealkylation sites (tertiary alicyclic amines) is 2. The highest BCUT2D eigenvalue weighted by molar-refractivity contribution is 5.79. The van der Waals surface area contributed by atoms with E-state index in [1.165, 1.54) is 5.69 Å². The first-order valence-corrected chi connectivity index (χ1v) is 10.7. The molecule has 1 N–H and O–H groups in total. The molecule has 28 heavy (non-hydrogen) atoms. The maximum atomic E-state index is 13.0. The molecular formula is C22H32N4O2. The second kappa shape index (κ2) is 8.52. The van der Waals surface area contributed by atoms with Crippen LogP contribution in [0, 0.1) is 5.92 Å². The number of aromatic amines is 1. The van der Waals surface area contributed by atoms with Crippen LogP contribution in [0.15, 0.2) is 28.9 Å². The highest BCUT2D eigenvalue weighted by Gasteiger charge is 2.31. The van der Waals surface area contributed by atoms with E-state index in [1.807, 2.05) is 12.1 Å². The molecular weight excluding hydrogens is 352 g/mol. The van der Waals surface area contributed by atoms with Crippen molar-refractivity contribution in [3.63, 3.8) is 0 Å². The second-order valence-corrected chi connectivity index (χ2v) is 8.63. The smallest absolute Gasteiger partial charge is 0.225 e. The van der Waals surface area contributed by atoms with Gasteiger partial charge in [-0.25, -0.2) is 0 Å². The first-order chi connectivity index (χ1) is 13.6. The number of H-pyrrole nitrogens is 1. The van der Waals surface area contributed by atoms with E-state index < -0.39 is 0 Å². The molecule has 0 bridgehead atoms. The lowest BCUT2D eigenvalue weighted by Crippen LogP contribution is -2.45. The monoisotopic (exact) mass is 384 g/mol. The third-order valence-corrected chi connectivity index (χ3v) is 6.35.